The summed E-state index contributed by atoms with van der Waals surface area (Å²) in [5, 5.41) is 20.6. The predicted octanol–water partition coefficient (Wildman–Crippen LogP) is 4.64. The van der Waals surface area contributed by atoms with Gasteiger partial charge < -0.3 is 19.9 Å². The number of aliphatic imine (C=N–C) groups is 1. The number of unbranched alkanes of at least 4 members (excludes halogenated alkanes) is 3. The Kier molecular flexibility index (Phi) is 7.44. The normalized spacial score (nSPS) is 27.2. The lowest BCUT2D eigenvalue weighted by atomic mass is 9.93. The minimum Gasteiger partial charge on any atom is -0.494 e. The minimum absolute atomic E-state index is 0.106. The molecule has 0 spiro atoms. The van der Waals surface area contributed by atoms with Crippen LogP contribution < -0.4 is 10.5 Å². The molecule has 1 aromatic carbocycles. The van der Waals surface area contributed by atoms with E-state index in [1.54, 1.807) is 0 Å². The van der Waals surface area contributed by atoms with Crippen molar-refractivity contribution in [2.45, 2.75) is 71.1 Å². The van der Waals surface area contributed by atoms with E-state index in [9.17, 15) is 10.5 Å². The van der Waals surface area contributed by atoms with Crippen LogP contribution in [0.2, 0.25) is 0 Å². The molecule has 1 saturated carbocycles. The van der Waals surface area contributed by atoms with Gasteiger partial charge in [0.25, 0.3) is 5.91 Å². The van der Waals surface area contributed by atoms with Crippen molar-refractivity contribution in [1.29, 1.82) is 10.5 Å². The van der Waals surface area contributed by atoms with Crippen molar-refractivity contribution in [2.24, 2.45) is 21.6 Å². The van der Waals surface area contributed by atoms with E-state index < -0.39 is 22.7 Å². The summed E-state index contributed by atoms with van der Waals surface area (Å²) in [6.07, 6.45) is 6.02. The maximum Gasteiger partial charge on any atom is 0.293 e. The fraction of sp³-hybridized carbons (Fsp3) is 0.640. The molecule has 1 heterocycles. The fourth-order valence-corrected chi connectivity index (χ4v) is 4.81. The van der Waals surface area contributed by atoms with Gasteiger partial charge in [0.05, 0.1) is 32.0 Å². The molecule has 7 heteroatoms. The molecule has 1 fully saturated rings. The summed E-state index contributed by atoms with van der Waals surface area (Å²) < 4.78 is 18.0. The maximum atomic E-state index is 10.4. The van der Waals surface area contributed by atoms with E-state index in [0.29, 0.717) is 19.8 Å². The molecule has 3 unspecified atom stereocenters. The Labute approximate surface area is 191 Å². The first-order valence-electron chi connectivity index (χ1n) is 11.7. The summed E-state index contributed by atoms with van der Waals surface area (Å²) in [6, 6.07) is 12.2. The lowest BCUT2D eigenvalue weighted by Crippen LogP contribution is -2.44. The number of nitrogens with zero attached hydrogens (tertiary/aromatic N) is 3. The molecule has 3 rings (SSSR count). The van der Waals surface area contributed by atoms with E-state index in [1.165, 1.54) is 12.8 Å². The van der Waals surface area contributed by atoms with Gasteiger partial charge in [-0.2, -0.15) is 10.5 Å². The molecule has 1 aromatic rings. The number of fused-ring (bicyclic) bond motifs is 1. The van der Waals surface area contributed by atoms with Crippen molar-refractivity contribution >= 4 is 5.84 Å². The molecule has 2 N–H and O–H groups in total. The average molecular weight is 439 g/mol. The summed E-state index contributed by atoms with van der Waals surface area (Å²) in [6.45, 7) is 7.49. The fourth-order valence-electron chi connectivity index (χ4n) is 4.81. The summed E-state index contributed by atoms with van der Waals surface area (Å²) in [4.78, 5) is 4.45. The highest BCUT2D eigenvalue weighted by atomic mass is 16.7. The van der Waals surface area contributed by atoms with E-state index >= 15 is 0 Å². The molecule has 0 saturated heterocycles. The second-order valence-corrected chi connectivity index (χ2v) is 8.53. The Morgan fingerprint density at radius 1 is 0.906 bits per heavy atom. The van der Waals surface area contributed by atoms with Crippen molar-refractivity contribution in [1.82, 2.24) is 0 Å². The number of amidine groups is 1. The molecule has 0 bridgehead atoms. The zero-order chi connectivity index (χ0) is 23.2. The number of ether oxygens (including phenoxy) is 3. The van der Waals surface area contributed by atoms with E-state index in [4.69, 9.17) is 19.9 Å². The molecule has 1 aliphatic heterocycles. The smallest absolute Gasteiger partial charge is 0.293 e. The minimum atomic E-state index is -1.58. The Hall–Kier alpha value is -2.61. The second-order valence-electron chi connectivity index (χ2n) is 8.53. The van der Waals surface area contributed by atoms with E-state index in [0.717, 1.165) is 37.0 Å². The molecule has 1 aliphatic carbocycles. The van der Waals surface area contributed by atoms with Gasteiger partial charge in [0.15, 0.2) is 5.41 Å². The van der Waals surface area contributed by atoms with Gasteiger partial charge in [0, 0.05) is 5.92 Å². The van der Waals surface area contributed by atoms with Gasteiger partial charge in [0.2, 0.25) is 0 Å². The van der Waals surface area contributed by atoms with Crippen molar-refractivity contribution in [3.05, 3.63) is 29.8 Å². The molecular weight excluding hydrogens is 404 g/mol. The largest absolute Gasteiger partial charge is 0.494 e. The average Bonchev–Trinajstić information content (AvgIpc) is 3.39. The number of nitrogens with two attached hydrogens (primary N) is 1. The zero-order valence-electron chi connectivity index (χ0n) is 19.4. The summed E-state index contributed by atoms with van der Waals surface area (Å²) in [5.41, 5.74) is 4.53. The third-order valence-electron chi connectivity index (χ3n) is 6.41. The van der Waals surface area contributed by atoms with Gasteiger partial charge in [-0.05, 0) is 37.0 Å². The van der Waals surface area contributed by atoms with Crippen LogP contribution in [-0.2, 0) is 9.47 Å². The molecule has 0 amide bonds. The first-order valence-corrected chi connectivity index (χ1v) is 11.7. The molecular formula is C25H34N4O3. The molecule has 7 nitrogen and oxygen atoms in total. The molecule has 32 heavy (non-hydrogen) atoms. The summed E-state index contributed by atoms with van der Waals surface area (Å²) >= 11 is 0. The lowest BCUT2D eigenvalue weighted by Gasteiger charge is -2.32. The summed E-state index contributed by atoms with van der Waals surface area (Å²) in [5.74, 6) is -1.19. The van der Waals surface area contributed by atoms with Crippen molar-refractivity contribution in [3.63, 3.8) is 0 Å². The Morgan fingerprint density at radius 3 is 2.09 bits per heavy atom. The van der Waals surface area contributed by atoms with Crippen molar-refractivity contribution < 1.29 is 14.2 Å². The Morgan fingerprint density at radius 2 is 1.56 bits per heavy atom. The van der Waals surface area contributed by atoms with Crippen LogP contribution in [0, 0.1) is 33.5 Å². The SMILES string of the molecule is CCCCCCOc1ccc(C2C3(C#N)C(N)=NC(OCCC)(OCCC)C23C#N)cc1. The molecule has 3 atom stereocenters. The lowest BCUT2D eigenvalue weighted by molar-refractivity contribution is -0.259. The number of nitriles is 2. The van der Waals surface area contributed by atoms with Gasteiger partial charge in [-0.25, -0.2) is 4.99 Å². The number of hydrogen-bond acceptors (Lipinski definition) is 7. The molecule has 0 radical (unpaired) electrons. The van der Waals surface area contributed by atoms with E-state index in [2.05, 4.69) is 24.1 Å². The predicted molar refractivity (Wildman–Crippen MR) is 122 cm³/mol. The van der Waals surface area contributed by atoms with Gasteiger partial charge in [-0.15, -0.1) is 0 Å². The Balaban J connectivity index is 1.88. The van der Waals surface area contributed by atoms with Crippen LogP contribution in [0.5, 0.6) is 5.75 Å². The Bertz CT molecular complexity index is 893. The third kappa shape index (κ3) is 3.54. The maximum absolute atomic E-state index is 10.4. The quantitative estimate of drug-likeness (QED) is 0.354. The number of benzene rings is 1. The number of rotatable bonds is 13. The van der Waals surface area contributed by atoms with E-state index in [-0.39, 0.29) is 5.84 Å². The van der Waals surface area contributed by atoms with Gasteiger partial charge in [0.1, 0.15) is 17.0 Å². The van der Waals surface area contributed by atoms with Gasteiger partial charge in [-0.1, -0.05) is 52.2 Å². The van der Waals surface area contributed by atoms with Crippen molar-refractivity contribution in [3.8, 4) is 17.9 Å². The first kappa shape index (κ1) is 24.0. The zero-order valence-corrected chi connectivity index (χ0v) is 19.4. The second kappa shape index (κ2) is 9.90. The monoisotopic (exact) mass is 438 g/mol. The highest BCUT2D eigenvalue weighted by Gasteiger charge is 2.93. The van der Waals surface area contributed by atoms with Gasteiger partial charge >= 0.3 is 0 Å². The third-order valence-corrected chi connectivity index (χ3v) is 6.41. The topological polar surface area (TPSA) is 114 Å². The number of hydrogen-bond donors (Lipinski definition) is 1. The van der Waals surface area contributed by atoms with Crippen LogP contribution in [0.15, 0.2) is 29.3 Å². The van der Waals surface area contributed by atoms with Crippen molar-refractivity contribution in [2.75, 3.05) is 19.8 Å². The van der Waals surface area contributed by atoms with Crippen LogP contribution in [-0.4, -0.2) is 31.6 Å². The molecule has 172 valence electrons. The summed E-state index contributed by atoms with van der Waals surface area (Å²) in [7, 11) is 0. The molecule has 0 aromatic heterocycles. The van der Waals surface area contributed by atoms with Crippen LogP contribution in [0.3, 0.4) is 0 Å². The van der Waals surface area contributed by atoms with Crippen LogP contribution >= 0.6 is 0 Å². The van der Waals surface area contributed by atoms with Crippen LogP contribution in [0.4, 0.5) is 0 Å². The van der Waals surface area contributed by atoms with Gasteiger partial charge in [-0.3, -0.25) is 0 Å². The standard InChI is InChI=1S/C25H34N4O3/c1-4-7-8-9-16-30-20-12-10-19(11-13-20)21-23(17-26)22(28)29-25(31-14-5-2,32-15-6-3)24(21,23)18-27/h10-13,21H,4-9,14-16H2,1-3H3,(H2,28,29). The first-order chi connectivity index (χ1) is 15.5. The molecule has 2 aliphatic rings. The van der Waals surface area contributed by atoms with Crippen LogP contribution in [0.25, 0.3) is 0 Å². The van der Waals surface area contributed by atoms with E-state index in [1.807, 2.05) is 38.1 Å². The highest BCUT2D eigenvalue weighted by molar-refractivity contribution is 6.00. The highest BCUT2D eigenvalue weighted by Crippen LogP contribution is 2.82. The van der Waals surface area contributed by atoms with Crippen LogP contribution in [0.1, 0.15) is 70.8 Å².